The highest BCUT2D eigenvalue weighted by atomic mass is 16.5. The third-order valence-corrected chi connectivity index (χ3v) is 3.47. The van der Waals surface area contributed by atoms with Gasteiger partial charge >= 0.3 is 0 Å². The molecule has 0 saturated heterocycles. The molecule has 0 aliphatic heterocycles. The van der Waals surface area contributed by atoms with E-state index in [9.17, 15) is 4.79 Å². The van der Waals surface area contributed by atoms with Crippen molar-refractivity contribution in [1.29, 1.82) is 0 Å². The fraction of sp³-hybridized carbons (Fsp3) is 0.533. The number of para-hydroxylation sites is 1. The van der Waals surface area contributed by atoms with Crippen molar-refractivity contribution in [2.24, 2.45) is 0 Å². The van der Waals surface area contributed by atoms with Crippen LogP contribution in [0, 0.1) is 0 Å². The SMILES string of the molecule is Nc1ccccc1C(=O)NCCCOC1CCCC1. The number of nitrogens with one attached hydrogen (secondary N) is 1. The van der Waals surface area contributed by atoms with Crippen molar-refractivity contribution in [2.45, 2.75) is 38.2 Å². The maximum Gasteiger partial charge on any atom is 0.253 e. The Bertz CT molecular complexity index is 414. The number of carbonyl (C=O) groups excluding carboxylic acids is 1. The maximum atomic E-state index is 11.9. The molecule has 1 fully saturated rings. The molecule has 4 nitrogen and oxygen atoms in total. The van der Waals surface area contributed by atoms with Gasteiger partial charge in [-0.15, -0.1) is 0 Å². The van der Waals surface area contributed by atoms with E-state index in [0.29, 0.717) is 23.9 Å². The Morgan fingerprint density at radius 2 is 2.05 bits per heavy atom. The monoisotopic (exact) mass is 262 g/mol. The quantitative estimate of drug-likeness (QED) is 0.611. The summed E-state index contributed by atoms with van der Waals surface area (Å²) in [5.41, 5.74) is 6.81. The van der Waals surface area contributed by atoms with Crippen LogP contribution < -0.4 is 11.1 Å². The Balaban J connectivity index is 1.62. The molecule has 1 aromatic carbocycles. The van der Waals surface area contributed by atoms with Crippen molar-refractivity contribution in [3.8, 4) is 0 Å². The summed E-state index contributed by atoms with van der Waals surface area (Å²) in [4.78, 5) is 11.9. The highest BCUT2D eigenvalue weighted by Crippen LogP contribution is 2.20. The summed E-state index contributed by atoms with van der Waals surface area (Å²) in [5.74, 6) is -0.112. The summed E-state index contributed by atoms with van der Waals surface area (Å²) in [6, 6.07) is 7.11. The van der Waals surface area contributed by atoms with E-state index in [4.69, 9.17) is 10.5 Å². The second-order valence-electron chi connectivity index (χ2n) is 4.97. The normalized spacial score (nSPS) is 15.6. The van der Waals surface area contributed by atoms with Gasteiger partial charge in [0.25, 0.3) is 5.91 Å². The number of nitrogen functional groups attached to an aromatic ring is 1. The fourth-order valence-electron chi connectivity index (χ4n) is 2.38. The fourth-order valence-corrected chi connectivity index (χ4v) is 2.38. The molecule has 2 rings (SSSR count). The van der Waals surface area contributed by atoms with E-state index < -0.39 is 0 Å². The molecule has 0 radical (unpaired) electrons. The Morgan fingerprint density at radius 1 is 1.32 bits per heavy atom. The van der Waals surface area contributed by atoms with Gasteiger partial charge in [-0.05, 0) is 31.4 Å². The molecule has 3 N–H and O–H groups in total. The lowest BCUT2D eigenvalue weighted by Crippen LogP contribution is -2.26. The first kappa shape index (κ1) is 13.9. The van der Waals surface area contributed by atoms with E-state index in [2.05, 4.69) is 5.32 Å². The molecule has 1 aliphatic rings. The van der Waals surface area contributed by atoms with Crippen LogP contribution in [0.15, 0.2) is 24.3 Å². The van der Waals surface area contributed by atoms with Gasteiger partial charge in [0.1, 0.15) is 0 Å². The van der Waals surface area contributed by atoms with Crippen LogP contribution in [-0.2, 0) is 4.74 Å². The average Bonchev–Trinajstić information content (AvgIpc) is 2.92. The van der Waals surface area contributed by atoms with E-state index in [1.807, 2.05) is 12.1 Å². The molecular weight excluding hydrogens is 240 g/mol. The highest BCUT2D eigenvalue weighted by molar-refractivity contribution is 5.98. The minimum Gasteiger partial charge on any atom is -0.398 e. The molecule has 1 aromatic rings. The smallest absolute Gasteiger partial charge is 0.253 e. The summed E-state index contributed by atoms with van der Waals surface area (Å²) >= 11 is 0. The molecule has 19 heavy (non-hydrogen) atoms. The number of ether oxygens (including phenoxy) is 1. The number of nitrogens with two attached hydrogens (primary N) is 1. The lowest BCUT2D eigenvalue weighted by Gasteiger charge is -2.11. The average molecular weight is 262 g/mol. The summed E-state index contributed by atoms with van der Waals surface area (Å²) in [5, 5.41) is 2.87. The Kier molecular flexibility index (Phi) is 5.21. The molecule has 104 valence electrons. The molecule has 0 unspecified atom stereocenters. The molecular formula is C15H22N2O2. The van der Waals surface area contributed by atoms with Gasteiger partial charge in [0, 0.05) is 18.8 Å². The standard InChI is InChI=1S/C15H22N2O2/c16-14-9-4-3-8-13(14)15(18)17-10-5-11-19-12-6-1-2-7-12/h3-4,8-9,12H,1-2,5-7,10-11,16H2,(H,17,18). The van der Waals surface area contributed by atoms with Crippen LogP contribution in [0.25, 0.3) is 0 Å². The van der Waals surface area contributed by atoms with Crippen LogP contribution in [-0.4, -0.2) is 25.2 Å². The number of hydrogen-bond acceptors (Lipinski definition) is 3. The Hall–Kier alpha value is -1.55. The zero-order chi connectivity index (χ0) is 13.5. The molecule has 0 heterocycles. The van der Waals surface area contributed by atoms with Crippen molar-refractivity contribution in [3.63, 3.8) is 0 Å². The minimum atomic E-state index is -0.112. The predicted molar refractivity (Wildman–Crippen MR) is 76.0 cm³/mol. The topological polar surface area (TPSA) is 64.4 Å². The van der Waals surface area contributed by atoms with Gasteiger partial charge in [0.2, 0.25) is 0 Å². The molecule has 0 bridgehead atoms. The number of carbonyl (C=O) groups is 1. The molecule has 1 aliphatic carbocycles. The summed E-state index contributed by atoms with van der Waals surface area (Å²) in [7, 11) is 0. The number of anilines is 1. The Labute approximate surface area is 114 Å². The van der Waals surface area contributed by atoms with Crippen LogP contribution >= 0.6 is 0 Å². The zero-order valence-electron chi connectivity index (χ0n) is 11.2. The molecule has 0 spiro atoms. The molecule has 1 amide bonds. The van der Waals surface area contributed by atoms with Crippen LogP contribution in [0.1, 0.15) is 42.5 Å². The lowest BCUT2D eigenvalue weighted by molar-refractivity contribution is 0.0565. The number of amides is 1. The van der Waals surface area contributed by atoms with Gasteiger partial charge in [-0.2, -0.15) is 0 Å². The van der Waals surface area contributed by atoms with Gasteiger partial charge in [-0.25, -0.2) is 0 Å². The van der Waals surface area contributed by atoms with Gasteiger partial charge in [-0.3, -0.25) is 4.79 Å². The molecule has 0 atom stereocenters. The van der Waals surface area contributed by atoms with Crippen LogP contribution in [0.5, 0.6) is 0 Å². The zero-order valence-corrected chi connectivity index (χ0v) is 11.2. The third kappa shape index (κ3) is 4.24. The van der Waals surface area contributed by atoms with Crippen LogP contribution in [0.3, 0.4) is 0 Å². The van der Waals surface area contributed by atoms with Gasteiger partial charge in [0.15, 0.2) is 0 Å². The van der Waals surface area contributed by atoms with E-state index in [0.717, 1.165) is 13.0 Å². The van der Waals surface area contributed by atoms with Crippen LogP contribution in [0.2, 0.25) is 0 Å². The third-order valence-electron chi connectivity index (χ3n) is 3.47. The highest BCUT2D eigenvalue weighted by Gasteiger charge is 2.14. The second kappa shape index (κ2) is 7.14. The van der Waals surface area contributed by atoms with Crippen LogP contribution in [0.4, 0.5) is 5.69 Å². The van der Waals surface area contributed by atoms with Gasteiger partial charge < -0.3 is 15.8 Å². The molecule has 0 aromatic heterocycles. The first-order chi connectivity index (χ1) is 9.27. The summed E-state index contributed by atoms with van der Waals surface area (Å²) < 4.78 is 5.74. The van der Waals surface area contributed by atoms with Crippen molar-refractivity contribution in [2.75, 3.05) is 18.9 Å². The number of hydrogen-bond donors (Lipinski definition) is 2. The van der Waals surface area contributed by atoms with Crippen molar-refractivity contribution >= 4 is 11.6 Å². The number of benzene rings is 1. The van der Waals surface area contributed by atoms with E-state index >= 15 is 0 Å². The lowest BCUT2D eigenvalue weighted by atomic mass is 10.1. The van der Waals surface area contributed by atoms with Crippen molar-refractivity contribution < 1.29 is 9.53 Å². The van der Waals surface area contributed by atoms with Gasteiger partial charge in [0.05, 0.1) is 11.7 Å². The number of rotatable bonds is 6. The van der Waals surface area contributed by atoms with Gasteiger partial charge in [-0.1, -0.05) is 25.0 Å². The van der Waals surface area contributed by atoms with Crippen molar-refractivity contribution in [3.05, 3.63) is 29.8 Å². The second-order valence-corrected chi connectivity index (χ2v) is 4.97. The Morgan fingerprint density at radius 3 is 2.79 bits per heavy atom. The van der Waals surface area contributed by atoms with E-state index in [1.54, 1.807) is 12.1 Å². The maximum absolute atomic E-state index is 11.9. The summed E-state index contributed by atoms with van der Waals surface area (Å²) in [6.45, 7) is 1.34. The van der Waals surface area contributed by atoms with E-state index in [1.165, 1.54) is 25.7 Å². The minimum absolute atomic E-state index is 0.112. The summed E-state index contributed by atoms with van der Waals surface area (Å²) in [6.07, 6.45) is 6.23. The largest absolute Gasteiger partial charge is 0.398 e. The molecule has 4 heteroatoms. The predicted octanol–water partition coefficient (Wildman–Crippen LogP) is 2.35. The first-order valence-corrected chi connectivity index (χ1v) is 7.01. The molecule has 1 saturated carbocycles. The first-order valence-electron chi connectivity index (χ1n) is 7.01. The van der Waals surface area contributed by atoms with E-state index in [-0.39, 0.29) is 5.91 Å². The van der Waals surface area contributed by atoms with Crippen molar-refractivity contribution in [1.82, 2.24) is 5.32 Å².